The van der Waals surface area contributed by atoms with Crippen molar-refractivity contribution in [1.29, 1.82) is 5.41 Å². The van der Waals surface area contributed by atoms with Crippen LogP contribution in [-0.4, -0.2) is 12.0 Å². The number of hydrogen-bond donors (Lipinski definition) is 2. The summed E-state index contributed by atoms with van der Waals surface area (Å²) in [7, 11) is 0. The van der Waals surface area contributed by atoms with Crippen LogP contribution < -0.4 is 5.73 Å². The van der Waals surface area contributed by atoms with Gasteiger partial charge in [0.1, 0.15) is 0 Å². The molecule has 1 aromatic carbocycles. The van der Waals surface area contributed by atoms with Crippen molar-refractivity contribution in [3.63, 3.8) is 0 Å². The fourth-order valence-corrected chi connectivity index (χ4v) is 0.925. The third-order valence-corrected chi connectivity index (χ3v) is 1.65. The van der Waals surface area contributed by atoms with Gasteiger partial charge in [0.15, 0.2) is 5.78 Å². The van der Waals surface area contributed by atoms with Gasteiger partial charge < -0.3 is 11.1 Å². The summed E-state index contributed by atoms with van der Waals surface area (Å²) < 4.78 is 0. The van der Waals surface area contributed by atoms with E-state index < -0.39 is 0 Å². The summed E-state index contributed by atoms with van der Waals surface area (Å²) in [6, 6.07) is 4.92. The molecule has 0 bridgehead atoms. The SMILES string of the molecule is CC(=O)c1ccc(C=N)c(N)c1. The molecule has 0 aliphatic heterocycles. The molecule has 0 aliphatic rings. The molecule has 0 heterocycles. The van der Waals surface area contributed by atoms with E-state index in [4.69, 9.17) is 11.1 Å². The number of hydrogen-bond acceptors (Lipinski definition) is 3. The summed E-state index contributed by atoms with van der Waals surface area (Å²) in [4.78, 5) is 10.9. The van der Waals surface area contributed by atoms with Gasteiger partial charge in [0.25, 0.3) is 0 Å². The van der Waals surface area contributed by atoms with Crippen LogP contribution in [0, 0.1) is 5.41 Å². The number of benzene rings is 1. The van der Waals surface area contributed by atoms with Crippen molar-refractivity contribution < 1.29 is 4.79 Å². The van der Waals surface area contributed by atoms with Crippen molar-refractivity contribution >= 4 is 17.7 Å². The van der Waals surface area contributed by atoms with Gasteiger partial charge in [-0.2, -0.15) is 0 Å². The third-order valence-electron chi connectivity index (χ3n) is 1.65. The lowest BCUT2D eigenvalue weighted by molar-refractivity contribution is 0.101. The van der Waals surface area contributed by atoms with Gasteiger partial charge >= 0.3 is 0 Å². The van der Waals surface area contributed by atoms with Gasteiger partial charge in [-0.1, -0.05) is 12.1 Å². The molecule has 3 N–H and O–H groups in total. The van der Waals surface area contributed by atoms with Crippen molar-refractivity contribution in [2.75, 3.05) is 5.73 Å². The van der Waals surface area contributed by atoms with Crippen LogP contribution in [-0.2, 0) is 0 Å². The number of nitrogens with one attached hydrogen (secondary N) is 1. The second kappa shape index (κ2) is 3.17. The molecule has 0 fully saturated rings. The predicted molar refractivity (Wildman–Crippen MR) is 48.7 cm³/mol. The van der Waals surface area contributed by atoms with E-state index in [0.29, 0.717) is 16.8 Å². The molecule has 1 rings (SSSR count). The van der Waals surface area contributed by atoms with E-state index in [1.54, 1.807) is 18.2 Å². The second-order valence-electron chi connectivity index (χ2n) is 2.54. The summed E-state index contributed by atoms with van der Waals surface area (Å²) in [6.07, 6.45) is 1.17. The Morgan fingerprint density at radius 1 is 1.58 bits per heavy atom. The molecular weight excluding hydrogens is 152 g/mol. The highest BCUT2D eigenvalue weighted by molar-refractivity contribution is 5.97. The van der Waals surface area contributed by atoms with Crippen LogP contribution in [0.4, 0.5) is 5.69 Å². The fraction of sp³-hybridized carbons (Fsp3) is 0.111. The van der Waals surface area contributed by atoms with Crippen molar-refractivity contribution in [1.82, 2.24) is 0 Å². The highest BCUT2D eigenvalue weighted by atomic mass is 16.1. The first-order valence-corrected chi connectivity index (χ1v) is 3.56. The Kier molecular flexibility index (Phi) is 2.24. The first-order chi connectivity index (χ1) is 5.65. The molecule has 0 radical (unpaired) electrons. The maximum absolute atomic E-state index is 10.9. The first kappa shape index (κ1) is 8.46. The van der Waals surface area contributed by atoms with E-state index >= 15 is 0 Å². The third kappa shape index (κ3) is 1.50. The molecule has 0 atom stereocenters. The maximum Gasteiger partial charge on any atom is 0.159 e. The van der Waals surface area contributed by atoms with Gasteiger partial charge in [-0.05, 0) is 13.0 Å². The molecule has 3 heteroatoms. The van der Waals surface area contributed by atoms with E-state index in [1.807, 2.05) is 0 Å². The zero-order chi connectivity index (χ0) is 9.14. The Morgan fingerprint density at radius 3 is 2.67 bits per heavy atom. The quantitative estimate of drug-likeness (QED) is 0.393. The number of Topliss-reactive ketones (excluding diaryl/α,β-unsaturated/α-hetero) is 1. The highest BCUT2D eigenvalue weighted by Gasteiger charge is 2.01. The molecule has 0 aromatic heterocycles. The monoisotopic (exact) mass is 162 g/mol. The summed E-state index contributed by atoms with van der Waals surface area (Å²) in [6.45, 7) is 1.48. The number of ketones is 1. The molecule has 1 aromatic rings. The molecule has 0 amide bonds. The molecule has 12 heavy (non-hydrogen) atoms. The molecule has 0 aliphatic carbocycles. The molecule has 3 nitrogen and oxygen atoms in total. The summed E-state index contributed by atoms with van der Waals surface area (Å²) in [5.41, 5.74) is 7.26. The number of anilines is 1. The molecule has 0 unspecified atom stereocenters. The number of carbonyl (C=O) groups excluding carboxylic acids is 1. The minimum absolute atomic E-state index is 0.0155. The van der Waals surface area contributed by atoms with Gasteiger partial charge in [-0.15, -0.1) is 0 Å². The van der Waals surface area contributed by atoms with Crippen molar-refractivity contribution in [2.45, 2.75) is 6.92 Å². The van der Waals surface area contributed by atoms with E-state index in [9.17, 15) is 4.79 Å². The standard InChI is InChI=1S/C9H10N2O/c1-6(12)7-2-3-8(5-10)9(11)4-7/h2-5,10H,11H2,1H3. The lowest BCUT2D eigenvalue weighted by Gasteiger charge is -2.00. The van der Waals surface area contributed by atoms with Crippen LogP contribution in [0.2, 0.25) is 0 Å². The van der Waals surface area contributed by atoms with Crippen molar-refractivity contribution in [3.8, 4) is 0 Å². The molecule has 0 saturated carbocycles. The number of carbonyl (C=O) groups is 1. The van der Waals surface area contributed by atoms with Crippen molar-refractivity contribution in [3.05, 3.63) is 29.3 Å². The predicted octanol–water partition coefficient (Wildman–Crippen LogP) is 1.47. The minimum Gasteiger partial charge on any atom is -0.398 e. The minimum atomic E-state index is -0.0155. The maximum atomic E-state index is 10.9. The van der Waals surface area contributed by atoms with Crippen LogP contribution in [0.1, 0.15) is 22.8 Å². The average Bonchev–Trinajstić information content (AvgIpc) is 2.04. The number of nitrogen functional groups attached to an aromatic ring is 1. The van der Waals surface area contributed by atoms with Crippen LogP contribution in [0.15, 0.2) is 18.2 Å². The molecular formula is C9H10N2O. The number of nitrogens with two attached hydrogens (primary N) is 1. The summed E-state index contributed by atoms with van der Waals surface area (Å²) >= 11 is 0. The van der Waals surface area contributed by atoms with Gasteiger partial charge in [-0.25, -0.2) is 0 Å². The van der Waals surface area contributed by atoms with Crippen LogP contribution >= 0.6 is 0 Å². The van der Waals surface area contributed by atoms with Gasteiger partial charge in [0.05, 0.1) is 0 Å². The van der Waals surface area contributed by atoms with Crippen LogP contribution in [0.25, 0.3) is 0 Å². The van der Waals surface area contributed by atoms with E-state index in [-0.39, 0.29) is 5.78 Å². The van der Waals surface area contributed by atoms with Gasteiger partial charge in [0, 0.05) is 23.0 Å². The Bertz CT molecular complexity index is 331. The lowest BCUT2D eigenvalue weighted by Crippen LogP contribution is -1.97. The van der Waals surface area contributed by atoms with E-state index in [2.05, 4.69) is 0 Å². The van der Waals surface area contributed by atoms with Gasteiger partial charge in [0.2, 0.25) is 0 Å². The zero-order valence-corrected chi connectivity index (χ0v) is 6.79. The van der Waals surface area contributed by atoms with E-state index in [1.165, 1.54) is 13.1 Å². The Hall–Kier alpha value is -1.64. The normalized spacial score (nSPS) is 9.42. The second-order valence-corrected chi connectivity index (χ2v) is 2.54. The molecule has 62 valence electrons. The summed E-state index contributed by atoms with van der Waals surface area (Å²) in [5, 5.41) is 6.97. The first-order valence-electron chi connectivity index (χ1n) is 3.56. The number of rotatable bonds is 2. The van der Waals surface area contributed by atoms with E-state index in [0.717, 1.165) is 0 Å². The van der Waals surface area contributed by atoms with Gasteiger partial charge in [-0.3, -0.25) is 4.79 Å². The topological polar surface area (TPSA) is 66.9 Å². The average molecular weight is 162 g/mol. The van der Waals surface area contributed by atoms with Crippen LogP contribution in [0.5, 0.6) is 0 Å². The lowest BCUT2D eigenvalue weighted by atomic mass is 10.1. The Balaban J connectivity index is 3.18. The summed E-state index contributed by atoms with van der Waals surface area (Å²) in [5.74, 6) is -0.0155. The largest absolute Gasteiger partial charge is 0.398 e. The smallest absolute Gasteiger partial charge is 0.159 e. The Labute approximate surface area is 70.7 Å². The van der Waals surface area contributed by atoms with Crippen LogP contribution in [0.3, 0.4) is 0 Å². The molecule has 0 saturated heterocycles. The zero-order valence-electron chi connectivity index (χ0n) is 6.79. The Morgan fingerprint density at radius 2 is 2.25 bits per heavy atom. The highest BCUT2D eigenvalue weighted by Crippen LogP contribution is 2.12. The molecule has 0 spiro atoms. The fourth-order valence-electron chi connectivity index (χ4n) is 0.925. The van der Waals surface area contributed by atoms with Crippen molar-refractivity contribution in [2.24, 2.45) is 0 Å².